The average molecular weight is 388 g/mol. The smallest absolute Gasteiger partial charge is 0.287 e. The van der Waals surface area contributed by atoms with Gasteiger partial charge in [0.05, 0.1) is 26.5 Å². The fraction of sp³-hybridized carbons (Fsp3) is 0.150. The molecule has 2 aromatic carbocycles. The van der Waals surface area contributed by atoms with Gasteiger partial charge < -0.3 is 9.73 Å². The number of amides is 1. The van der Waals surface area contributed by atoms with E-state index in [0.717, 1.165) is 12.0 Å². The van der Waals surface area contributed by atoms with E-state index in [-0.39, 0.29) is 17.4 Å². The molecular weight excluding hydrogens is 370 g/mol. The molecule has 1 atom stereocenters. The maximum Gasteiger partial charge on any atom is 0.287 e. The van der Waals surface area contributed by atoms with E-state index in [0.29, 0.717) is 22.2 Å². The second-order valence-corrected chi connectivity index (χ2v) is 7.50. The molecule has 0 saturated carbocycles. The van der Waals surface area contributed by atoms with Crippen LogP contribution >= 0.6 is 11.6 Å². The summed E-state index contributed by atoms with van der Waals surface area (Å²) in [5.74, 6) is 0.581. The molecule has 1 amide bonds. The lowest BCUT2D eigenvalue weighted by atomic mass is 10.1. The second kappa shape index (κ2) is 8.83. The molecule has 6 heteroatoms. The third-order valence-corrected chi connectivity index (χ3v) is 5.62. The van der Waals surface area contributed by atoms with Crippen LogP contribution in [0.25, 0.3) is 0 Å². The predicted octanol–water partition coefficient (Wildman–Crippen LogP) is 4.21. The van der Waals surface area contributed by atoms with Crippen LogP contribution in [-0.2, 0) is 23.0 Å². The van der Waals surface area contributed by atoms with E-state index in [1.54, 1.807) is 36.4 Å². The van der Waals surface area contributed by atoms with Crippen molar-refractivity contribution in [3.05, 3.63) is 88.8 Å². The van der Waals surface area contributed by atoms with Crippen LogP contribution in [0.5, 0.6) is 0 Å². The zero-order valence-corrected chi connectivity index (χ0v) is 15.6. The van der Waals surface area contributed by atoms with Gasteiger partial charge in [-0.05, 0) is 36.2 Å². The summed E-state index contributed by atoms with van der Waals surface area (Å²) in [5, 5.41) is 3.28. The lowest BCUT2D eigenvalue weighted by Crippen LogP contribution is -2.25. The molecule has 134 valence electrons. The first-order valence-electron chi connectivity index (χ1n) is 8.17. The monoisotopic (exact) mass is 387 g/mol. The Morgan fingerprint density at radius 1 is 1.00 bits per heavy atom. The number of halogens is 1. The summed E-state index contributed by atoms with van der Waals surface area (Å²) >= 11 is 6.06. The van der Waals surface area contributed by atoms with E-state index in [9.17, 15) is 9.00 Å². The quantitative estimate of drug-likeness (QED) is 0.660. The zero-order chi connectivity index (χ0) is 18.4. The van der Waals surface area contributed by atoms with Crippen LogP contribution in [0.2, 0.25) is 5.02 Å². The van der Waals surface area contributed by atoms with Gasteiger partial charge in [0.15, 0.2) is 5.76 Å². The number of hydrogen-bond donors (Lipinski definition) is 1. The normalized spacial score (nSPS) is 11.9. The van der Waals surface area contributed by atoms with E-state index < -0.39 is 10.8 Å². The largest absolute Gasteiger partial charge is 0.455 e. The standard InChI is InChI=1S/C20H18ClNO3S/c21-17-8-4-5-9-19(17)26(24)14-16-10-11-18(25-16)20(23)22-13-12-15-6-2-1-3-7-15/h1-11H,12-14H2,(H,22,23)/t26-/m1/s1. The Kier molecular flexibility index (Phi) is 6.26. The maximum absolute atomic E-state index is 12.4. The molecule has 0 fully saturated rings. The van der Waals surface area contributed by atoms with Gasteiger partial charge in [-0.3, -0.25) is 9.00 Å². The number of nitrogens with one attached hydrogen (secondary N) is 1. The van der Waals surface area contributed by atoms with Gasteiger partial charge in [-0.15, -0.1) is 0 Å². The molecule has 3 rings (SSSR count). The van der Waals surface area contributed by atoms with Crippen LogP contribution in [-0.4, -0.2) is 16.7 Å². The van der Waals surface area contributed by atoms with Crippen molar-refractivity contribution in [3.63, 3.8) is 0 Å². The summed E-state index contributed by atoms with van der Waals surface area (Å²) in [4.78, 5) is 12.7. The summed E-state index contributed by atoms with van der Waals surface area (Å²) in [6.07, 6.45) is 0.747. The van der Waals surface area contributed by atoms with Crippen LogP contribution in [0.3, 0.4) is 0 Å². The van der Waals surface area contributed by atoms with E-state index in [1.807, 2.05) is 30.3 Å². The molecule has 0 saturated heterocycles. The average Bonchev–Trinajstić information content (AvgIpc) is 3.11. The molecule has 0 radical (unpaired) electrons. The van der Waals surface area contributed by atoms with Gasteiger partial charge in [0, 0.05) is 6.54 Å². The van der Waals surface area contributed by atoms with Crippen molar-refractivity contribution in [2.45, 2.75) is 17.1 Å². The van der Waals surface area contributed by atoms with Gasteiger partial charge in [-0.2, -0.15) is 0 Å². The SMILES string of the molecule is O=C(NCCc1ccccc1)c1ccc(C[S@@](=O)c2ccccc2Cl)o1. The lowest BCUT2D eigenvalue weighted by Gasteiger charge is -2.04. The molecule has 1 N–H and O–H groups in total. The van der Waals surface area contributed by atoms with Crippen molar-refractivity contribution in [1.29, 1.82) is 0 Å². The zero-order valence-electron chi connectivity index (χ0n) is 14.0. The molecule has 0 spiro atoms. The molecule has 26 heavy (non-hydrogen) atoms. The van der Waals surface area contributed by atoms with E-state index in [4.69, 9.17) is 16.0 Å². The molecule has 0 aliphatic heterocycles. The van der Waals surface area contributed by atoms with Gasteiger partial charge in [0.25, 0.3) is 5.91 Å². The minimum absolute atomic E-state index is 0.168. The van der Waals surface area contributed by atoms with Crippen molar-refractivity contribution in [2.75, 3.05) is 6.54 Å². The molecule has 0 bridgehead atoms. The molecule has 3 aromatic rings. The maximum atomic E-state index is 12.4. The molecule has 1 aromatic heterocycles. The summed E-state index contributed by atoms with van der Waals surface area (Å²) in [6.45, 7) is 0.518. The number of benzene rings is 2. The highest BCUT2D eigenvalue weighted by atomic mass is 35.5. The Morgan fingerprint density at radius 2 is 1.73 bits per heavy atom. The fourth-order valence-corrected chi connectivity index (χ4v) is 3.94. The number of carbonyl (C=O) groups excluding carboxylic acids is 1. The molecule has 1 heterocycles. The minimum atomic E-state index is -1.33. The topological polar surface area (TPSA) is 59.3 Å². The number of rotatable bonds is 7. The Morgan fingerprint density at radius 3 is 2.50 bits per heavy atom. The first kappa shape index (κ1) is 18.4. The van der Waals surface area contributed by atoms with Gasteiger partial charge in [0.2, 0.25) is 0 Å². The van der Waals surface area contributed by atoms with Crippen molar-refractivity contribution in [2.24, 2.45) is 0 Å². The molecule has 4 nitrogen and oxygen atoms in total. The predicted molar refractivity (Wildman–Crippen MR) is 103 cm³/mol. The number of carbonyl (C=O) groups is 1. The first-order valence-corrected chi connectivity index (χ1v) is 9.87. The minimum Gasteiger partial charge on any atom is -0.455 e. The van der Waals surface area contributed by atoms with Crippen molar-refractivity contribution in [3.8, 4) is 0 Å². The summed E-state index contributed by atoms with van der Waals surface area (Å²) in [5.41, 5.74) is 1.16. The van der Waals surface area contributed by atoms with E-state index >= 15 is 0 Å². The van der Waals surface area contributed by atoms with Crippen LogP contribution < -0.4 is 5.32 Å². The fourth-order valence-electron chi connectivity index (χ4n) is 2.47. The Balaban J connectivity index is 1.54. The van der Waals surface area contributed by atoms with E-state index in [1.165, 1.54) is 0 Å². The summed E-state index contributed by atoms with van der Waals surface area (Å²) in [7, 11) is -1.33. The Labute approximate surface area is 159 Å². The van der Waals surface area contributed by atoms with Gasteiger partial charge >= 0.3 is 0 Å². The van der Waals surface area contributed by atoms with E-state index in [2.05, 4.69) is 5.32 Å². The molecular formula is C20H18ClNO3S. The third kappa shape index (κ3) is 4.84. The Hall–Kier alpha value is -2.37. The molecule has 0 aliphatic rings. The van der Waals surface area contributed by atoms with Crippen molar-refractivity contribution in [1.82, 2.24) is 5.32 Å². The molecule has 0 unspecified atom stereocenters. The molecule has 0 aliphatic carbocycles. The van der Waals surface area contributed by atoms with Crippen molar-refractivity contribution >= 4 is 28.3 Å². The second-order valence-electron chi connectivity index (χ2n) is 5.68. The first-order chi connectivity index (χ1) is 12.6. The van der Waals surface area contributed by atoms with Gasteiger partial charge in [-0.1, -0.05) is 54.1 Å². The van der Waals surface area contributed by atoms with Gasteiger partial charge in [0.1, 0.15) is 5.76 Å². The summed E-state index contributed by atoms with van der Waals surface area (Å²) < 4.78 is 17.9. The van der Waals surface area contributed by atoms with Crippen LogP contribution in [0.1, 0.15) is 21.9 Å². The van der Waals surface area contributed by atoms with Crippen molar-refractivity contribution < 1.29 is 13.4 Å². The highest BCUT2D eigenvalue weighted by Gasteiger charge is 2.14. The van der Waals surface area contributed by atoms with Crippen LogP contribution in [0, 0.1) is 0 Å². The highest BCUT2D eigenvalue weighted by molar-refractivity contribution is 7.84. The van der Waals surface area contributed by atoms with Crippen LogP contribution in [0.15, 0.2) is 76.0 Å². The van der Waals surface area contributed by atoms with Crippen LogP contribution in [0.4, 0.5) is 0 Å². The third-order valence-electron chi connectivity index (χ3n) is 3.78. The number of furan rings is 1. The Bertz CT molecular complexity index is 908. The summed E-state index contributed by atoms with van der Waals surface area (Å²) in [6, 6.07) is 20.2. The number of hydrogen-bond acceptors (Lipinski definition) is 3. The van der Waals surface area contributed by atoms with Gasteiger partial charge in [-0.25, -0.2) is 0 Å². The lowest BCUT2D eigenvalue weighted by molar-refractivity contribution is 0.0925. The highest BCUT2D eigenvalue weighted by Crippen LogP contribution is 2.22.